The van der Waals surface area contributed by atoms with Crippen LogP contribution in [0.2, 0.25) is 5.02 Å². The van der Waals surface area contributed by atoms with Gasteiger partial charge in [0.15, 0.2) is 0 Å². The normalized spacial score (nSPS) is 12.9. The Morgan fingerprint density at radius 3 is 2.36 bits per heavy atom. The first-order chi connectivity index (χ1) is 13.3. The van der Waals surface area contributed by atoms with Crippen molar-refractivity contribution in [3.63, 3.8) is 0 Å². The summed E-state index contributed by atoms with van der Waals surface area (Å²) >= 11 is 5.80. The predicted molar refractivity (Wildman–Crippen MR) is 112 cm³/mol. The lowest BCUT2D eigenvalue weighted by atomic mass is 10.0. The summed E-state index contributed by atoms with van der Waals surface area (Å²) in [5.41, 5.74) is 0.954. The predicted octanol–water partition coefficient (Wildman–Crippen LogP) is 3.99. The summed E-state index contributed by atoms with van der Waals surface area (Å²) in [7, 11) is -2.39. The maximum Gasteiger partial charge on any atom is 0.243 e. The summed E-state index contributed by atoms with van der Waals surface area (Å²) < 4.78 is 26.2. The highest BCUT2D eigenvalue weighted by atomic mass is 35.5. The van der Waals surface area contributed by atoms with Crippen LogP contribution in [0.4, 0.5) is 0 Å². The number of hydrogen-bond donors (Lipinski definition) is 1. The summed E-state index contributed by atoms with van der Waals surface area (Å²) in [6.07, 6.45) is 0. The molecule has 1 atom stereocenters. The van der Waals surface area contributed by atoms with E-state index in [0.717, 1.165) is 20.6 Å². The van der Waals surface area contributed by atoms with Crippen molar-refractivity contribution >= 4 is 38.3 Å². The molecule has 5 nitrogen and oxygen atoms in total. The van der Waals surface area contributed by atoms with Crippen LogP contribution in [-0.4, -0.2) is 32.2 Å². The third-order valence-electron chi connectivity index (χ3n) is 4.54. The molecule has 0 saturated carbocycles. The van der Waals surface area contributed by atoms with Gasteiger partial charge in [-0.2, -0.15) is 4.31 Å². The van der Waals surface area contributed by atoms with E-state index >= 15 is 0 Å². The zero-order valence-electron chi connectivity index (χ0n) is 15.6. The summed E-state index contributed by atoms with van der Waals surface area (Å²) in [5, 5.41) is 5.52. The van der Waals surface area contributed by atoms with Gasteiger partial charge in [-0.15, -0.1) is 0 Å². The molecule has 3 aromatic carbocycles. The molecule has 0 aliphatic carbocycles. The second-order valence-corrected chi connectivity index (χ2v) is 9.09. The molecule has 1 amide bonds. The highest BCUT2D eigenvalue weighted by Gasteiger charge is 2.23. The van der Waals surface area contributed by atoms with Gasteiger partial charge in [0, 0.05) is 12.1 Å². The molecular weight excluding hydrogens is 396 g/mol. The monoisotopic (exact) mass is 416 g/mol. The maximum atomic E-state index is 12.6. The minimum Gasteiger partial charge on any atom is -0.348 e. The van der Waals surface area contributed by atoms with Crippen LogP contribution in [0.1, 0.15) is 18.5 Å². The lowest BCUT2D eigenvalue weighted by Gasteiger charge is -2.19. The topological polar surface area (TPSA) is 66.5 Å². The highest BCUT2D eigenvalue weighted by molar-refractivity contribution is 7.89. The Hall–Kier alpha value is -2.41. The van der Waals surface area contributed by atoms with Gasteiger partial charge in [0.2, 0.25) is 15.9 Å². The van der Waals surface area contributed by atoms with E-state index in [4.69, 9.17) is 11.6 Å². The number of nitrogens with one attached hydrogen (secondary N) is 1. The Morgan fingerprint density at radius 2 is 1.68 bits per heavy atom. The lowest BCUT2D eigenvalue weighted by Crippen LogP contribution is -2.39. The van der Waals surface area contributed by atoms with E-state index in [-0.39, 0.29) is 23.4 Å². The molecule has 0 aromatic heterocycles. The Kier molecular flexibility index (Phi) is 6.03. The van der Waals surface area contributed by atoms with Crippen molar-refractivity contribution in [3.05, 3.63) is 77.3 Å². The number of carbonyl (C=O) groups excluding carboxylic acids is 1. The van der Waals surface area contributed by atoms with Crippen molar-refractivity contribution in [2.75, 3.05) is 13.6 Å². The zero-order valence-corrected chi connectivity index (χ0v) is 17.2. The van der Waals surface area contributed by atoms with Crippen LogP contribution in [0.3, 0.4) is 0 Å². The molecule has 146 valence electrons. The van der Waals surface area contributed by atoms with Gasteiger partial charge in [-0.25, -0.2) is 8.42 Å². The van der Waals surface area contributed by atoms with Crippen LogP contribution < -0.4 is 5.32 Å². The number of halogens is 1. The molecule has 0 fully saturated rings. The standard InChI is InChI=1S/C21H21ClN2O3S/c1-15(17-8-7-16-5-3-4-6-18(16)13-17)23-21(25)14-24(2)28(26,27)20-11-9-19(22)10-12-20/h3-13,15H,14H2,1-2H3,(H,23,25). The molecule has 3 aromatic rings. The van der Waals surface area contributed by atoms with E-state index in [0.29, 0.717) is 5.02 Å². The van der Waals surface area contributed by atoms with Gasteiger partial charge in [0.05, 0.1) is 17.5 Å². The molecule has 1 N–H and O–H groups in total. The minimum atomic E-state index is -3.77. The molecule has 0 aliphatic rings. The van der Waals surface area contributed by atoms with Crippen molar-refractivity contribution in [1.29, 1.82) is 0 Å². The molecular formula is C21H21ClN2O3S. The number of fused-ring (bicyclic) bond motifs is 1. The molecule has 0 aliphatic heterocycles. The molecule has 1 unspecified atom stereocenters. The van der Waals surface area contributed by atoms with Gasteiger partial charge in [0.25, 0.3) is 0 Å². The third-order valence-corrected chi connectivity index (χ3v) is 6.61. The SMILES string of the molecule is CC(NC(=O)CN(C)S(=O)(=O)c1ccc(Cl)cc1)c1ccc2ccccc2c1. The molecule has 7 heteroatoms. The fourth-order valence-corrected chi connectivity index (χ4v) is 4.17. The lowest BCUT2D eigenvalue weighted by molar-refractivity contribution is -0.121. The first-order valence-electron chi connectivity index (χ1n) is 8.77. The van der Waals surface area contributed by atoms with Crippen molar-refractivity contribution in [1.82, 2.24) is 9.62 Å². The number of sulfonamides is 1. The van der Waals surface area contributed by atoms with E-state index in [1.165, 1.54) is 31.3 Å². The zero-order chi connectivity index (χ0) is 20.3. The number of likely N-dealkylation sites (N-methyl/N-ethyl adjacent to an activating group) is 1. The quantitative estimate of drug-likeness (QED) is 0.660. The average Bonchev–Trinajstić information content (AvgIpc) is 2.67. The average molecular weight is 417 g/mol. The summed E-state index contributed by atoms with van der Waals surface area (Å²) in [4.78, 5) is 12.5. The fourth-order valence-electron chi connectivity index (χ4n) is 2.92. The van der Waals surface area contributed by atoms with Crippen LogP contribution in [0, 0.1) is 0 Å². The van der Waals surface area contributed by atoms with Crippen LogP contribution in [0.15, 0.2) is 71.6 Å². The first kappa shape index (κ1) is 20.3. The second kappa shape index (κ2) is 8.31. The van der Waals surface area contributed by atoms with E-state index in [1.807, 2.05) is 49.4 Å². The Balaban J connectivity index is 1.67. The van der Waals surface area contributed by atoms with Gasteiger partial charge >= 0.3 is 0 Å². The highest BCUT2D eigenvalue weighted by Crippen LogP contribution is 2.21. The van der Waals surface area contributed by atoms with E-state index in [9.17, 15) is 13.2 Å². The summed E-state index contributed by atoms with van der Waals surface area (Å²) in [5.74, 6) is -0.374. The third kappa shape index (κ3) is 4.52. The van der Waals surface area contributed by atoms with Crippen LogP contribution >= 0.6 is 11.6 Å². The van der Waals surface area contributed by atoms with Gasteiger partial charge in [-0.3, -0.25) is 4.79 Å². The molecule has 0 spiro atoms. The number of rotatable bonds is 6. The Labute approximate surface area is 170 Å². The number of hydrogen-bond acceptors (Lipinski definition) is 3. The number of benzene rings is 3. The summed E-state index contributed by atoms with van der Waals surface area (Å²) in [6.45, 7) is 1.60. The van der Waals surface area contributed by atoms with Crippen molar-refractivity contribution in [2.24, 2.45) is 0 Å². The van der Waals surface area contributed by atoms with Crippen molar-refractivity contribution < 1.29 is 13.2 Å². The van der Waals surface area contributed by atoms with E-state index in [2.05, 4.69) is 5.32 Å². The number of carbonyl (C=O) groups is 1. The molecule has 0 heterocycles. The molecule has 3 rings (SSSR count). The molecule has 0 radical (unpaired) electrons. The molecule has 0 bridgehead atoms. The smallest absolute Gasteiger partial charge is 0.243 e. The van der Waals surface area contributed by atoms with Crippen LogP contribution in [0.25, 0.3) is 10.8 Å². The largest absolute Gasteiger partial charge is 0.348 e. The Morgan fingerprint density at radius 1 is 1.04 bits per heavy atom. The van der Waals surface area contributed by atoms with Gasteiger partial charge < -0.3 is 5.32 Å². The van der Waals surface area contributed by atoms with E-state index in [1.54, 1.807) is 0 Å². The van der Waals surface area contributed by atoms with Gasteiger partial charge in [0.1, 0.15) is 0 Å². The van der Waals surface area contributed by atoms with E-state index < -0.39 is 10.0 Å². The number of nitrogens with zero attached hydrogens (tertiary/aromatic N) is 1. The van der Waals surface area contributed by atoms with Gasteiger partial charge in [-0.1, -0.05) is 48.0 Å². The van der Waals surface area contributed by atoms with Crippen molar-refractivity contribution in [2.45, 2.75) is 17.9 Å². The first-order valence-corrected chi connectivity index (χ1v) is 10.6. The van der Waals surface area contributed by atoms with Crippen LogP contribution in [0.5, 0.6) is 0 Å². The van der Waals surface area contributed by atoms with Crippen molar-refractivity contribution in [3.8, 4) is 0 Å². The van der Waals surface area contributed by atoms with Crippen LogP contribution in [-0.2, 0) is 14.8 Å². The maximum absolute atomic E-state index is 12.6. The fraction of sp³-hybridized carbons (Fsp3) is 0.190. The minimum absolute atomic E-state index is 0.0924. The number of amides is 1. The molecule has 0 saturated heterocycles. The Bertz CT molecular complexity index is 1100. The second-order valence-electron chi connectivity index (χ2n) is 6.61. The molecule has 28 heavy (non-hydrogen) atoms. The van der Waals surface area contributed by atoms with Gasteiger partial charge in [-0.05, 0) is 53.6 Å². The summed E-state index contributed by atoms with van der Waals surface area (Å²) in [6, 6.07) is 19.6.